The van der Waals surface area contributed by atoms with Crippen molar-refractivity contribution in [3.63, 3.8) is 0 Å². The van der Waals surface area contributed by atoms with E-state index < -0.39 is 20.5 Å². The lowest BCUT2D eigenvalue weighted by Gasteiger charge is -2.39. The normalized spacial score (nSPS) is 17.6. The molecule has 2 rings (SSSR count). The van der Waals surface area contributed by atoms with Crippen LogP contribution in [-0.2, 0) is 20.4 Å². The van der Waals surface area contributed by atoms with Crippen molar-refractivity contribution < 1.29 is 18.8 Å². The average molecular weight is 557 g/mol. The van der Waals surface area contributed by atoms with Crippen LogP contribution < -0.4 is 0 Å². The summed E-state index contributed by atoms with van der Waals surface area (Å²) in [5.41, 5.74) is 9.98. The highest BCUT2D eigenvalue weighted by molar-refractivity contribution is 6.74. The zero-order valence-electron chi connectivity index (χ0n) is 24.8. The summed E-state index contributed by atoms with van der Waals surface area (Å²) >= 11 is 0. The summed E-state index contributed by atoms with van der Waals surface area (Å²) in [6.07, 6.45) is 10.5. The van der Waals surface area contributed by atoms with Gasteiger partial charge in [-0.25, -0.2) is 9.69 Å². The number of allylic oxidation sites excluding steroid dienone is 1. The molecule has 0 aromatic heterocycles. The van der Waals surface area contributed by atoms with Crippen LogP contribution in [0.25, 0.3) is 10.4 Å². The van der Waals surface area contributed by atoms with E-state index >= 15 is 0 Å². The number of hydrogen-bond donors (Lipinski definition) is 0. The molecule has 0 N–H and O–H groups in total. The van der Waals surface area contributed by atoms with Gasteiger partial charge in [-0.2, -0.15) is 0 Å². The van der Waals surface area contributed by atoms with Crippen molar-refractivity contribution in [1.82, 2.24) is 4.90 Å². The van der Waals surface area contributed by atoms with Crippen molar-refractivity contribution in [3.8, 4) is 0 Å². The molecule has 1 aromatic rings. The molecule has 1 aliphatic rings. The van der Waals surface area contributed by atoms with Crippen LogP contribution in [0.1, 0.15) is 84.6 Å². The largest absolute Gasteiger partial charge is 0.447 e. The van der Waals surface area contributed by atoms with Gasteiger partial charge >= 0.3 is 6.09 Å². The maximum absolute atomic E-state index is 13.8. The van der Waals surface area contributed by atoms with Gasteiger partial charge in [0, 0.05) is 11.0 Å². The van der Waals surface area contributed by atoms with Gasteiger partial charge in [0.15, 0.2) is 8.32 Å². The highest BCUT2D eigenvalue weighted by atomic mass is 28.4. The summed E-state index contributed by atoms with van der Waals surface area (Å²) in [7, 11) is -2.30. The Bertz CT molecular complexity index is 986. The minimum absolute atomic E-state index is 0.0536. The van der Waals surface area contributed by atoms with Crippen LogP contribution in [-0.4, -0.2) is 50.0 Å². The molecule has 3 atom stereocenters. The summed E-state index contributed by atoms with van der Waals surface area (Å²) in [5, 5.41) is 3.87. The second-order valence-corrected chi connectivity index (χ2v) is 16.7. The monoisotopic (exact) mass is 556 g/mol. The third-order valence-corrected chi connectivity index (χ3v) is 12.3. The molecule has 1 heterocycles. The molecular formula is C30H48N4O4Si. The Labute approximate surface area is 235 Å². The first-order chi connectivity index (χ1) is 18.5. The smallest absolute Gasteiger partial charge is 0.417 e. The standard InChI is InChI=1S/C30H48N4O4Si/c1-7-8-9-14-19-25(32-33-31)20-15-11-16-21-27(38-39(5,6)30(2,3)4)28(35)34-26(23-37-29(34)36)22-24-17-12-10-13-18-24/h10-13,15,17-18,25-27H,7-9,14,16,19-23H2,1-6H3/b15-11+/t25-,26-,27-/m1/s1. The Kier molecular flexibility index (Phi) is 13.2. The van der Waals surface area contributed by atoms with Gasteiger partial charge in [0.1, 0.15) is 12.7 Å². The first-order valence-corrected chi connectivity index (χ1v) is 17.3. The van der Waals surface area contributed by atoms with Crippen LogP contribution in [0.15, 0.2) is 47.6 Å². The Hall–Kier alpha value is -2.61. The fraction of sp³-hybridized carbons (Fsp3) is 0.667. The minimum atomic E-state index is -2.30. The highest BCUT2D eigenvalue weighted by Gasteiger charge is 2.45. The van der Waals surface area contributed by atoms with E-state index in [1.165, 1.54) is 17.7 Å². The quantitative estimate of drug-likeness (QED) is 0.0509. The molecule has 39 heavy (non-hydrogen) atoms. The van der Waals surface area contributed by atoms with E-state index in [2.05, 4.69) is 50.8 Å². The van der Waals surface area contributed by atoms with Crippen molar-refractivity contribution >= 4 is 20.3 Å². The van der Waals surface area contributed by atoms with Crippen LogP contribution in [0, 0.1) is 0 Å². The van der Waals surface area contributed by atoms with Gasteiger partial charge in [-0.1, -0.05) is 101 Å². The number of cyclic esters (lactones) is 1. The number of amides is 2. The molecule has 9 heteroatoms. The number of imide groups is 1. The zero-order valence-corrected chi connectivity index (χ0v) is 25.8. The van der Waals surface area contributed by atoms with Crippen molar-refractivity contribution in [2.75, 3.05) is 6.61 Å². The second kappa shape index (κ2) is 15.8. The third-order valence-electron chi connectivity index (χ3n) is 7.81. The topological polar surface area (TPSA) is 105 Å². The first kappa shape index (κ1) is 32.6. The molecule has 0 spiro atoms. The Balaban J connectivity index is 2.11. The van der Waals surface area contributed by atoms with Crippen LogP contribution >= 0.6 is 0 Å². The molecule has 0 aliphatic carbocycles. The van der Waals surface area contributed by atoms with Crippen LogP contribution in [0.3, 0.4) is 0 Å². The van der Waals surface area contributed by atoms with Gasteiger partial charge in [0.05, 0.1) is 6.04 Å². The van der Waals surface area contributed by atoms with E-state index in [9.17, 15) is 9.59 Å². The summed E-state index contributed by atoms with van der Waals surface area (Å²) < 4.78 is 11.9. The Morgan fingerprint density at radius 3 is 2.56 bits per heavy atom. The molecule has 2 amide bonds. The number of rotatable bonds is 16. The summed E-state index contributed by atoms with van der Waals surface area (Å²) in [6, 6.07) is 9.42. The molecule has 8 nitrogen and oxygen atoms in total. The first-order valence-electron chi connectivity index (χ1n) is 14.4. The summed E-state index contributed by atoms with van der Waals surface area (Å²) in [6.45, 7) is 13.0. The van der Waals surface area contributed by atoms with Crippen LogP contribution in [0.4, 0.5) is 4.79 Å². The lowest BCUT2D eigenvalue weighted by atomic mass is 10.0. The van der Waals surface area contributed by atoms with Gasteiger partial charge in [-0.15, -0.1) is 0 Å². The molecule has 1 fully saturated rings. The van der Waals surface area contributed by atoms with Gasteiger partial charge in [-0.3, -0.25) is 4.79 Å². The molecule has 0 saturated carbocycles. The lowest BCUT2D eigenvalue weighted by molar-refractivity contribution is -0.137. The molecule has 216 valence electrons. The zero-order chi connectivity index (χ0) is 28.9. The fourth-order valence-electron chi connectivity index (χ4n) is 4.41. The van der Waals surface area contributed by atoms with Gasteiger partial charge in [0.2, 0.25) is 0 Å². The maximum Gasteiger partial charge on any atom is 0.417 e. The maximum atomic E-state index is 13.8. The van der Waals surface area contributed by atoms with Crippen molar-refractivity contribution in [3.05, 3.63) is 58.5 Å². The molecule has 0 bridgehead atoms. The minimum Gasteiger partial charge on any atom is -0.447 e. The highest BCUT2D eigenvalue weighted by Crippen LogP contribution is 2.38. The van der Waals surface area contributed by atoms with E-state index in [1.54, 1.807) is 0 Å². The summed E-state index contributed by atoms with van der Waals surface area (Å²) in [5.74, 6) is -0.320. The van der Waals surface area contributed by atoms with Crippen molar-refractivity contribution in [2.24, 2.45) is 5.11 Å². The Morgan fingerprint density at radius 2 is 1.92 bits per heavy atom. The predicted molar refractivity (Wildman–Crippen MR) is 159 cm³/mol. The average Bonchev–Trinajstić information content (AvgIpc) is 3.24. The molecule has 1 saturated heterocycles. The molecule has 0 unspecified atom stereocenters. The van der Waals surface area contributed by atoms with Crippen molar-refractivity contribution in [2.45, 2.75) is 122 Å². The lowest BCUT2D eigenvalue weighted by Crippen LogP contribution is -2.52. The SMILES string of the molecule is CCCCCC[C@H](C/C=C/CC[C@@H](O[Si](C)(C)C(C)(C)C)C(=O)N1C(=O)OC[C@H]1Cc1ccccc1)N=[N+]=[N-]. The number of nitrogens with zero attached hydrogens (tertiary/aromatic N) is 4. The van der Waals surface area contributed by atoms with Crippen LogP contribution in [0.5, 0.6) is 0 Å². The van der Waals surface area contributed by atoms with E-state index in [4.69, 9.17) is 14.7 Å². The molecular weight excluding hydrogens is 508 g/mol. The van der Waals surface area contributed by atoms with E-state index in [0.29, 0.717) is 25.7 Å². The van der Waals surface area contributed by atoms with Gasteiger partial charge in [0.25, 0.3) is 5.91 Å². The van der Waals surface area contributed by atoms with E-state index in [0.717, 1.165) is 24.8 Å². The Morgan fingerprint density at radius 1 is 1.21 bits per heavy atom. The molecule has 1 aliphatic heterocycles. The third kappa shape index (κ3) is 10.5. The van der Waals surface area contributed by atoms with Gasteiger partial charge in [-0.05, 0) is 61.3 Å². The number of hydrogen-bond acceptors (Lipinski definition) is 5. The van der Waals surface area contributed by atoms with Crippen molar-refractivity contribution in [1.29, 1.82) is 0 Å². The summed E-state index contributed by atoms with van der Waals surface area (Å²) in [4.78, 5) is 30.8. The number of benzene rings is 1. The van der Waals surface area contributed by atoms with Crippen LogP contribution in [0.2, 0.25) is 18.1 Å². The number of carbonyl (C=O) groups is 2. The number of unbranched alkanes of at least 4 members (excludes halogenated alkanes) is 3. The number of ether oxygens (including phenoxy) is 1. The van der Waals surface area contributed by atoms with E-state index in [-0.39, 0.29) is 29.6 Å². The second-order valence-electron chi connectivity index (χ2n) is 12.0. The molecule has 0 radical (unpaired) electrons. The number of azide groups is 1. The number of carbonyl (C=O) groups excluding carboxylic acids is 2. The predicted octanol–water partition coefficient (Wildman–Crippen LogP) is 8.34. The molecule has 1 aromatic carbocycles. The van der Waals surface area contributed by atoms with Gasteiger partial charge < -0.3 is 9.16 Å². The van der Waals surface area contributed by atoms with E-state index in [1.807, 2.05) is 42.5 Å². The fourth-order valence-corrected chi connectivity index (χ4v) is 5.69.